The number of hydrogen-bond acceptors (Lipinski definition) is 4. The normalized spacial score (nSPS) is 14.4. The van der Waals surface area contributed by atoms with Crippen LogP contribution in [0.5, 0.6) is 5.75 Å². The van der Waals surface area contributed by atoms with Crippen LogP contribution in [0.1, 0.15) is 29.5 Å². The zero-order valence-electron chi connectivity index (χ0n) is 13.4. The van der Waals surface area contributed by atoms with Gasteiger partial charge in [0.05, 0.1) is 13.2 Å². The highest BCUT2D eigenvalue weighted by molar-refractivity contribution is 5.43. The van der Waals surface area contributed by atoms with Gasteiger partial charge in [0.15, 0.2) is 6.79 Å². The second-order valence-electron chi connectivity index (χ2n) is 5.80. The van der Waals surface area contributed by atoms with Crippen LogP contribution in [-0.4, -0.2) is 33.7 Å². The number of benzene rings is 1. The first kappa shape index (κ1) is 16.3. The quantitative estimate of drug-likeness (QED) is 0.532. The summed E-state index contributed by atoms with van der Waals surface area (Å²) in [5, 5.41) is 3.36. The Morgan fingerprint density at radius 2 is 1.90 bits per heavy atom. The molecule has 1 fully saturated rings. The third-order valence-electron chi connectivity index (χ3n) is 3.67. The molecule has 2 rings (SSSR count). The van der Waals surface area contributed by atoms with E-state index >= 15 is 0 Å². The molecule has 0 unspecified atom stereocenters. The number of nitrogens with one attached hydrogen (secondary N) is 1. The van der Waals surface area contributed by atoms with Gasteiger partial charge in [-0.1, -0.05) is 12.1 Å². The Bertz CT molecular complexity index is 421. The molecule has 1 aliphatic carbocycles. The van der Waals surface area contributed by atoms with Crippen LogP contribution in [-0.2, 0) is 16.0 Å². The summed E-state index contributed by atoms with van der Waals surface area (Å²) in [7, 11) is 1.72. The first-order chi connectivity index (χ1) is 10.2. The Kier molecular flexibility index (Phi) is 6.49. The van der Waals surface area contributed by atoms with Gasteiger partial charge in [0, 0.05) is 20.2 Å². The Hall–Kier alpha value is -1.10. The minimum atomic E-state index is 0.351. The molecule has 1 aromatic carbocycles. The molecule has 0 aliphatic heterocycles. The number of methoxy groups -OCH3 is 1. The summed E-state index contributed by atoms with van der Waals surface area (Å²) in [6, 6.07) is 4.34. The fraction of sp³-hybridized carbons (Fsp3) is 0.647. The molecule has 1 aliphatic rings. The molecule has 0 heterocycles. The molecule has 0 aromatic heterocycles. The van der Waals surface area contributed by atoms with Crippen LogP contribution in [0.25, 0.3) is 0 Å². The molecule has 1 saturated carbocycles. The number of ether oxygens (including phenoxy) is 3. The molecule has 1 N–H and O–H groups in total. The molecule has 4 nitrogen and oxygen atoms in total. The molecule has 0 bridgehead atoms. The van der Waals surface area contributed by atoms with Crippen molar-refractivity contribution in [1.29, 1.82) is 0 Å². The van der Waals surface area contributed by atoms with Crippen molar-refractivity contribution in [2.45, 2.75) is 33.2 Å². The van der Waals surface area contributed by atoms with Crippen LogP contribution in [0.2, 0.25) is 0 Å². The molecule has 21 heavy (non-hydrogen) atoms. The SMILES string of the molecule is COCCNCc1cc(C)c(OCOCC2CC2)c(C)c1. The van der Waals surface area contributed by atoms with E-state index in [4.69, 9.17) is 14.2 Å². The molecule has 0 saturated heterocycles. The fourth-order valence-electron chi connectivity index (χ4n) is 2.38. The van der Waals surface area contributed by atoms with Gasteiger partial charge < -0.3 is 19.5 Å². The lowest BCUT2D eigenvalue weighted by Crippen LogP contribution is -2.18. The molecular weight excluding hydrogens is 266 g/mol. The average Bonchev–Trinajstić information content (AvgIpc) is 3.26. The van der Waals surface area contributed by atoms with E-state index in [-0.39, 0.29) is 0 Å². The summed E-state index contributed by atoms with van der Waals surface area (Å²) >= 11 is 0. The van der Waals surface area contributed by atoms with Crippen molar-refractivity contribution in [3.63, 3.8) is 0 Å². The summed E-state index contributed by atoms with van der Waals surface area (Å²) < 4.78 is 16.4. The molecule has 0 radical (unpaired) electrons. The second-order valence-corrected chi connectivity index (χ2v) is 5.80. The highest BCUT2D eigenvalue weighted by Gasteiger charge is 2.21. The van der Waals surface area contributed by atoms with Gasteiger partial charge in [-0.3, -0.25) is 0 Å². The third kappa shape index (κ3) is 5.65. The van der Waals surface area contributed by atoms with Gasteiger partial charge in [0.2, 0.25) is 0 Å². The average molecular weight is 293 g/mol. The monoisotopic (exact) mass is 293 g/mol. The summed E-state index contributed by atoms with van der Waals surface area (Å²) in [5.74, 6) is 1.72. The number of aryl methyl sites for hydroxylation is 2. The van der Waals surface area contributed by atoms with Crippen molar-refractivity contribution in [2.24, 2.45) is 5.92 Å². The Balaban J connectivity index is 1.80. The first-order valence-electron chi connectivity index (χ1n) is 7.71. The summed E-state index contributed by atoms with van der Waals surface area (Å²) in [4.78, 5) is 0. The van der Waals surface area contributed by atoms with Gasteiger partial charge in [-0.05, 0) is 49.3 Å². The van der Waals surface area contributed by atoms with E-state index in [9.17, 15) is 0 Å². The molecule has 118 valence electrons. The van der Waals surface area contributed by atoms with Crippen molar-refractivity contribution in [2.75, 3.05) is 33.7 Å². The van der Waals surface area contributed by atoms with Crippen LogP contribution in [0.15, 0.2) is 12.1 Å². The minimum absolute atomic E-state index is 0.351. The van der Waals surface area contributed by atoms with Gasteiger partial charge in [-0.2, -0.15) is 0 Å². The summed E-state index contributed by atoms with van der Waals surface area (Å²) in [6.45, 7) is 7.80. The van der Waals surface area contributed by atoms with Crippen molar-refractivity contribution < 1.29 is 14.2 Å². The highest BCUT2D eigenvalue weighted by Crippen LogP contribution is 2.29. The third-order valence-corrected chi connectivity index (χ3v) is 3.67. The molecular formula is C17H27NO3. The highest BCUT2D eigenvalue weighted by atomic mass is 16.7. The van der Waals surface area contributed by atoms with Crippen molar-refractivity contribution in [1.82, 2.24) is 5.32 Å². The van der Waals surface area contributed by atoms with Crippen LogP contribution >= 0.6 is 0 Å². The lowest BCUT2D eigenvalue weighted by atomic mass is 10.1. The van der Waals surface area contributed by atoms with Crippen LogP contribution in [0, 0.1) is 19.8 Å². The maximum absolute atomic E-state index is 5.78. The standard InChI is InChI=1S/C17H27NO3/c1-13-8-16(10-18-6-7-19-3)9-14(2)17(13)21-12-20-11-15-4-5-15/h8-9,15,18H,4-7,10-12H2,1-3H3. The predicted octanol–water partition coefficient (Wildman–Crippen LogP) is 2.80. The van der Waals surface area contributed by atoms with Gasteiger partial charge in [-0.15, -0.1) is 0 Å². The van der Waals surface area contributed by atoms with E-state index in [2.05, 4.69) is 31.3 Å². The molecule has 0 spiro atoms. The van der Waals surface area contributed by atoms with Crippen molar-refractivity contribution in [3.05, 3.63) is 28.8 Å². The Morgan fingerprint density at radius 3 is 2.52 bits per heavy atom. The lowest BCUT2D eigenvalue weighted by Gasteiger charge is -2.14. The van der Waals surface area contributed by atoms with Gasteiger partial charge >= 0.3 is 0 Å². The largest absolute Gasteiger partial charge is 0.467 e. The Morgan fingerprint density at radius 1 is 1.19 bits per heavy atom. The van der Waals surface area contributed by atoms with E-state index in [1.807, 2.05) is 0 Å². The number of rotatable bonds is 10. The van der Waals surface area contributed by atoms with Crippen LogP contribution < -0.4 is 10.1 Å². The molecule has 1 aromatic rings. The zero-order valence-corrected chi connectivity index (χ0v) is 13.4. The second kappa shape index (κ2) is 8.37. The Labute approximate surface area is 127 Å². The smallest absolute Gasteiger partial charge is 0.189 e. The van der Waals surface area contributed by atoms with E-state index in [1.165, 1.54) is 18.4 Å². The van der Waals surface area contributed by atoms with Crippen molar-refractivity contribution >= 4 is 0 Å². The first-order valence-corrected chi connectivity index (χ1v) is 7.71. The molecule has 0 amide bonds. The minimum Gasteiger partial charge on any atom is -0.467 e. The summed E-state index contributed by atoms with van der Waals surface area (Å²) in [6.07, 6.45) is 2.62. The molecule has 4 heteroatoms. The zero-order chi connectivity index (χ0) is 15.1. The fourth-order valence-corrected chi connectivity index (χ4v) is 2.38. The van der Waals surface area contributed by atoms with Gasteiger partial charge in [0.1, 0.15) is 5.75 Å². The molecule has 0 atom stereocenters. The van der Waals surface area contributed by atoms with Gasteiger partial charge in [-0.25, -0.2) is 0 Å². The van der Waals surface area contributed by atoms with E-state index in [0.29, 0.717) is 6.79 Å². The maximum atomic E-state index is 5.78. The van der Waals surface area contributed by atoms with Crippen LogP contribution in [0.3, 0.4) is 0 Å². The topological polar surface area (TPSA) is 39.7 Å². The van der Waals surface area contributed by atoms with Crippen LogP contribution in [0.4, 0.5) is 0 Å². The maximum Gasteiger partial charge on any atom is 0.189 e. The van der Waals surface area contributed by atoms with E-state index in [0.717, 1.165) is 49.1 Å². The summed E-state index contributed by atoms with van der Waals surface area (Å²) in [5.41, 5.74) is 3.59. The predicted molar refractivity (Wildman–Crippen MR) is 83.7 cm³/mol. The van der Waals surface area contributed by atoms with Gasteiger partial charge in [0.25, 0.3) is 0 Å². The van der Waals surface area contributed by atoms with E-state index < -0.39 is 0 Å². The lowest BCUT2D eigenvalue weighted by molar-refractivity contribution is 0.00922. The van der Waals surface area contributed by atoms with Crippen molar-refractivity contribution in [3.8, 4) is 5.75 Å². The van der Waals surface area contributed by atoms with E-state index in [1.54, 1.807) is 7.11 Å². The number of hydrogen-bond donors (Lipinski definition) is 1.